The van der Waals surface area contributed by atoms with Gasteiger partial charge < -0.3 is 20.3 Å². The van der Waals surface area contributed by atoms with Crippen LogP contribution in [0, 0.1) is 0 Å². The highest BCUT2D eigenvalue weighted by molar-refractivity contribution is 5.76. The molecular formula is C66H127NO5. The molecule has 0 spiro atoms. The zero-order chi connectivity index (χ0) is 52.2. The van der Waals surface area contributed by atoms with E-state index in [1.165, 1.54) is 276 Å². The fraction of sp³-hybridized carbons (Fsp3) is 0.909. The predicted molar refractivity (Wildman–Crippen MR) is 315 cm³/mol. The molecule has 0 radical (unpaired) electrons. The average Bonchev–Trinajstić information content (AvgIpc) is 3.38. The molecule has 0 aromatic heterocycles. The second-order valence-corrected chi connectivity index (χ2v) is 22.5. The number of aliphatic hydroxyl groups is 2. The van der Waals surface area contributed by atoms with Gasteiger partial charge in [-0.15, -0.1) is 0 Å². The number of rotatable bonds is 61. The largest absolute Gasteiger partial charge is 0.466 e. The molecule has 2 unspecified atom stereocenters. The molecule has 6 nitrogen and oxygen atoms in total. The van der Waals surface area contributed by atoms with Gasteiger partial charge >= 0.3 is 5.97 Å². The molecule has 6 heteroatoms. The third kappa shape index (κ3) is 57.6. The molecule has 72 heavy (non-hydrogen) atoms. The highest BCUT2D eigenvalue weighted by atomic mass is 16.5. The molecule has 0 aliphatic carbocycles. The minimum Gasteiger partial charge on any atom is -0.466 e. The zero-order valence-corrected chi connectivity index (χ0v) is 48.7. The van der Waals surface area contributed by atoms with E-state index >= 15 is 0 Å². The van der Waals surface area contributed by atoms with Gasteiger partial charge in [-0.25, -0.2) is 0 Å². The third-order valence-corrected chi connectivity index (χ3v) is 15.3. The lowest BCUT2D eigenvalue weighted by Gasteiger charge is -2.22. The van der Waals surface area contributed by atoms with Crippen LogP contribution in [0.15, 0.2) is 24.3 Å². The molecule has 0 rings (SSSR count). The molecule has 0 saturated heterocycles. The number of unbranched alkanes of at least 4 members (excludes halogenated alkanes) is 46. The summed E-state index contributed by atoms with van der Waals surface area (Å²) in [6.07, 6.45) is 76.2. The number of esters is 1. The van der Waals surface area contributed by atoms with Crippen LogP contribution in [0.4, 0.5) is 0 Å². The Morgan fingerprint density at radius 1 is 0.389 bits per heavy atom. The topological polar surface area (TPSA) is 95.9 Å². The zero-order valence-electron chi connectivity index (χ0n) is 48.7. The van der Waals surface area contributed by atoms with Gasteiger partial charge in [0, 0.05) is 12.8 Å². The number of ether oxygens (including phenoxy) is 1. The minimum atomic E-state index is -0.667. The molecule has 0 saturated carbocycles. The molecule has 426 valence electrons. The number of nitrogens with one attached hydrogen (secondary N) is 1. The normalized spacial score (nSPS) is 12.7. The van der Waals surface area contributed by atoms with Crippen molar-refractivity contribution in [3.8, 4) is 0 Å². The molecule has 0 aromatic carbocycles. The molecule has 0 bridgehead atoms. The number of hydrogen-bond acceptors (Lipinski definition) is 5. The summed E-state index contributed by atoms with van der Waals surface area (Å²) in [5, 5.41) is 23.3. The Hall–Kier alpha value is -1.66. The average molecular weight is 1010 g/mol. The van der Waals surface area contributed by atoms with Crippen LogP contribution in [0.25, 0.3) is 0 Å². The molecule has 3 N–H and O–H groups in total. The van der Waals surface area contributed by atoms with Crippen LogP contribution in [-0.4, -0.2) is 47.4 Å². The summed E-state index contributed by atoms with van der Waals surface area (Å²) in [4.78, 5) is 24.6. The molecule has 0 aromatic rings. The van der Waals surface area contributed by atoms with Crippen molar-refractivity contribution in [3.05, 3.63) is 24.3 Å². The van der Waals surface area contributed by atoms with Gasteiger partial charge in [-0.1, -0.05) is 314 Å². The van der Waals surface area contributed by atoms with Crippen LogP contribution in [0.2, 0.25) is 0 Å². The first-order valence-corrected chi connectivity index (χ1v) is 32.6. The van der Waals surface area contributed by atoms with E-state index in [1.54, 1.807) is 0 Å². The first-order valence-electron chi connectivity index (χ1n) is 32.6. The highest BCUT2D eigenvalue weighted by Gasteiger charge is 2.20. The van der Waals surface area contributed by atoms with Crippen molar-refractivity contribution in [2.45, 2.75) is 373 Å². The van der Waals surface area contributed by atoms with Crippen molar-refractivity contribution in [1.82, 2.24) is 5.32 Å². The monoisotopic (exact) mass is 1010 g/mol. The Labute approximate surface area is 450 Å². The Morgan fingerprint density at radius 3 is 1.08 bits per heavy atom. The van der Waals surface area contributed by atoms with E-state index in [-0.39, 0.29) is 18.5 Å². The first kappa shape index (κ1) is 70.3. The van der Waals surface area contributed by atoms with Gasteiger partial charge in [-0.3, -0.25) is 9.59 Å². The maximum atomic E-state index is 12.5. The third-order valence-electron chi connectivity index (χ3n) is 15.3. The van der Waals surface area contributed by atoms with Crippen molar-refractivity contribution in [2.75, 3.05) is 13.2 Å². The summed E-state index contributed by atoms with van der Waals surface area (Å²) >= 11 is 0. The van der Waals surface area contributed by atoms with Crippen molar-refractivity contribution in [3.63, 3.8) is 0 Å². The molecule has 2 atom stereocenters. The summed E-state index contributed by atoms with van der Waals surface area (Å²) in [7, 11) is 0. The minimum absolute atomic E-state index is 0.00609. The quantitative estimate of drug-likeness (QED) is 0.0320. The Kier molecular flexibility index (Phi) is 60.5. The van der Waals surface area contributed by atoms with E-state index in [0.29, 0.717) is 25.9 Å². The van der Waals surface area contributed by atoms with Crippen molar-refractivity contribution < 1.29 is 24.5 Å². The fourth-order valence-corrected chi connectivity index (χ4v) is 10.3. The molecule has 0 fully saturated rings. The Balaban J connectivity index is 3.38. The highest BCUT2D eigenvalue weighted by Crippen LogP contribution is 2.18. The first-order chi connectivity index (χ1) is 35.5. The van der Waals surface area contributed by atoms with Crippen molar-refractivity contribution in [2.24, 2.45) is 0 Å². The predicted octanol–water partition coefficient (Wildman–Crippen LogP) is 20.6. The second-order valence-electron chi connectivity index (χ2n) is 22.5. The molecule has 0 aliphatic heterocycles. The van der Waals surface area contributed by atoms with Crippen LogP contribution in [0.3, 0.4) is 0 Å². The smallest absolute Gasteiger partial charge is 0.305 e. The Bertz CT molecular complexity index is 1120. The van der Waals surface area contributed by atoms with Gasteiger partial charge in [-0.05, 0) is 57.8 Å². The van der Waals surface area contributed by atoms with Crippen LogP contribution in [-0.2, 0) is 14.3 Å². The fourth-order valence-electron chi connectivity index (χ4n) is 10.3. The van der Waals surface area contributed by atoms with Crippen LogP contribution in [0.1, 0.15) is 361 Å². The lowest BCUT2D eigenvalue weighted by Crippen LogP contribution is -2.45. The lowest BCUT2D eigenvalue weighted by molar-refractivity contribution is -0.143. The van der Waals surface area contributed by atoms with Gasteiger partial charge in [0.05, 0.1) is 25.4 Å². The molecule has 0 aliphatic rings. The van der Waals surface area contributed by atoms with E-state index in [9.17, 15) is 19.8 Å². The molecule has 1 amide bonds. The summed E-state index contributed by atoms with van der Waals surface area (Å²) < 4.78 is 5.50. The second kappa shape index (κ2) is 61.9. The van der Waals surface area contributed by atoms with Gasteiger partial charge in [0.1, 0.15) is 0 Å². The number of carbonyl (C=O) groups is 2. The number of carbonyl (C=O) groups excluding carboxylic acids is 2. The van der Waals surface area contributed by atoms with E-state index in [1.807, 2.05) is 0 Å². The van der Waals surface area contributed by atoms with Gasteiger partial charge in [0.25, 0.3) is 0 Å². The van der Waals surface area contributed by atoms with Crippen molar-refractivity contribution in [1.29, 1.82) is 0 Å². The van der Waals surface area contributed by atoms with Gasteiger partial charge in [0.2, 0.25) is 5.91 Å². The van der Waals surface area contributed by atoms with E-state index in [0.717, 1.165) is 51.4 Å². The maximum absolute atomic E-state index is 12.5. The number of amides is 1. The van der Waals surface area contributed by atoms with Gasteiger partial charge in [0.15, 0.2) is 0 Å². The number of allylic oxidation sites excluding steroid dienone is 4. The van der Waals surface area contributed by atoms with E-state index in [4.69, 9.17) is 4.74 Å². The van der Waals surface area contributed by atoms with E-state index < -0.39 is 12.1 Å². The summed E-state index contributed by atoms with van der Waals surface area (Å²) in [6.45, 7) is 4.95. The maximum Gasteiger partial charge on any atom is 0.305 e. The summed E-state index contributed by atoms with van der Waals surface area (Å²) in [5.74, 6) is -0.0289. The number of aliphatic hydroxyl groups excluding tert-OH is 2. The standard InChI is InChI=1S/C66H127NO5/c1-3-5-7-9-11-13-15-17-19-21-23-28-32-36-40-44-48-52-56-60-66(71)72-61-57-53-49-45-41-37-33-29-25-22-24-27-31-35-39-43-47-51-55-59-65(70)67-63(62-68)64(69)58-54-50-46-42-38-34-30-26-20-18-16-14-12-10-8-6-4-2/h11,13,17,19,63-64,68-69H,3-10,12,14-16,18,20-62H2,1-2H3,(H,67,70)/b13-11-,19-17-. The molecular weight excluding hydrogens is 887 g/mol. The van der Waals surface area contributed by atoms with Crippen LogP contribution in [0.5, 0.6) is 0 Å². The Morgan fingerprint density at radius 2 is 0.694 bits per heavy atom. The lowest BCUT2D eigenvalue weighted by atomic mass is 10.0. The summed E-state index contributed by atoms with van der Waals surface area (Å²) in [5.41, 5.74) is 0. The molecule has 0 heterocycles. The van der Waals surface area contributed by atoms with E-state index in [2.05, 4.69) is 43.5 Å². The SMILES string of the molecule is CCCCC/C=C\C/C=C\CCCCCCCCCCCC(=O)OCCCCCCCCCCCCCCCCCCCCCC(=O)NC(CO)C(O)CCCCCCCCCCCCCCCCCCC. The number of hydrogen-bond donors (Lipinski definition) is 3. The van der Waals surface area contributed by atoms with Crippen LogP contribution < -0.4 is 5.32 Å². The van der Waals surface area contributed by atoms with Crippen LogP contribution >= 0.6 is 0 Å². The van der Waals surface area contributed by atoms with Gasteiger partial charge in [-0.2, -0.15) is 0 Å². The summed E-state index contributed by atoms with van der Waals surface area (Å²) in [6, 6.07) is -0.544. The van der Waals surface area contributed by atoms with Crippen molar-refractivity contribution >= 4 is 11.9 Å².